The summed E-state index contributed by atoms with van der Waals surface area (Å²) < 4.78 is 16.4. The monoisotopic (exact) mass is 479 g/mol. The third-order valence-electron chi connectivity index (χ3n) is 4.60. The smallest absolute Gasteiger partial charge is 0.412 e. The van der Waals surface area contributed by atoms with Gasteiger partial charge in [-0.25, -0.2) is 4.79 Å². The molecule has 2 aromatic carbocycles. The highest BCUT2D eigenvalue weighted by molar-refractivity contribution is 7.98. The molecule has 0 aliphatic heterocycles. The van der Waals surface area contributed by atoms with Crippen LogP contribution in [-0.2, 0) is 14.3 Å². The van der Waals surface area contributed by atoms with Crippen LogP contribution in [0.4, 0.5) is 10.5 Å². The lowest BCUT2D eigenvalue weighted by atomic mass is 9.94. The van der Waals surface area contributed by atoms with Gasteiger partial charge in [0.15, 0.2) is 0 Å². The van der Waals surface area contributed by atoms with Crippen molar-refractivity contribution in [2.45, 2.75) is 24.3 Å². The molecule has 32 heavy (non-hydrogen) atoms. The number of esters is 1. The lowest BCUT2D eigenvalue weighted by Crippen LogP contribution is -2.23. The van der Waals surface area contributed by atoms with Crippen LogP contribution in [0.15, 0.2) is 53.4 Å². The molecule has 9 heteroatoms. The van der Waals surface area contributed by atoms with Gasteiger partial charge in [0.25, 0.3) is 0 Å². The highest BCUT2D eigenvalue weighted by atomic mass is 32.2. The van der Waals surface area contributed by atoms with Gasteiger partial charge in [-0.05, 0) is 54.6 Å². The van der Waals surface area contributed by atoms with Crippen molar-refractivity contribution < 1.29 is 28.9 Å². The number of aliphatic hydroxyl groups excluding tert-OH is 1. The molecule has 0 spiro atoms. The van der Waals surface area contributed by atoms with Gasteiger partial charge in [-0.2, -0.15) is 12.6 Å². The average molecular weight is 480 g/mol. The van der Waals surface area contributed by atoms with Crippen LogP contribution in [0.1, 0.15) is 25.0 Å². The highest BCUT2D eigenvalue weighted by Crippen LogP contribution is 2.31. The summed E-state index contributed by atoms with van der Waals surface area (Å²) in [5.41, 5.74) is 1.36. The number of carbonyl (C=O) groups excluding carboxylic acids is 2. The van der Waals surface area contributed by atoms with Crippen LogP contribution in [0.25, 0.3) is 0 Å². The molecule has 0 radical (unpaired) electrons. The van der Waals surface area contributed by atoms with Crippen LogP contribution < -0.4 is 10.1 Å². The Morgan fingerprint density at radius 3 is 2.56 bits per heavy atom. The van der Waals surface area contributed by atoms with Crippen molar-refractivity contribution in [2.24, 2.45) is 5.92 Å². The van der Waals surface area contributed by atoms with Crippen LogP contribution in [0, 0.1) is 5.92 Å². The van der Waals surface area contributed by atoms with Crippen molar-refractivity contribution in [3.05, 3.63) is 54.1 Å². The second kappa shape index (κ2) is 13.9. The number of hydrogen-bond acceptors (Lipinski definition) is 8. The fourth-order valence-electron chi connectivity index (χ4n) is 2.95. The van der Waals surface area contributed by atoms with E-state index in [9.17, 15) is 9.59 Å². The number of rotatable bonds is 12. The van der Waals surface area contributed by atoms with Crippen molar-refractivity contribution in [3.8, 4) is 5.75 Å². The number of hydrogen-bond donors (Lipinski definition) is 3. The van der Waals surface area contributed by atoms with Gasteiger partial charge in [0.2, 0.25) is 0 Å². The molecule has 0 bridgehead atoms. The predicted molar refractivity (Wildman–Crippen MR) is 129 cm³/mol. The first kappa shape index (κ1) is 25.9. The van der Waals surface area contributed by atoms with Crippen LogP contribution in [0.2, 0.25) is 0 Å². The molecule has 0 fully saturated rings. The number of benzene rings is 2. The maximum absolute atomic E-state index is 12.6. The largest absolute Gasteiger partial charge is 0.491 e. The van der Waals surface area contributed by atoms with E-state index in [1.165, 1.54) is 0 Å². The number of carbonyl (C=O) groups is 2. The Morgan fingerprint density at radius 2 is 1.91 bits per heavy atom. The summed E-state index contributed by atoms with van der Waals surface area (Å²) in [5.74, 6) is 0.0206. The average Bonchev–Trinajstić information content (AvgIpc) is 2.81. The number of anilines is 1. The molecule has 0 unspecified atom stereocenters. The Morgan fingerprint density at radius 1 is 1.16 bits per heavy atom. The Bertz CT molecular complexity index is 862. The third-order valence-corrected chi connectivity index (χ3v) is 5.60. The van der Waals surface area contributed by atoms with Crippen LogP contribution in [-0.4, -0.2) is 49.0 Å². The van der Waals surface area contributed by atoms with E-state index >= 15 is 0 Å². The molecule has 2 atom stereocenters. The molecular weight excluding hydrogens is 450 g/mol. The Balaban J connectivity index is 2.13. The quantitative estimate of drug-likeness (QED) is 0.233. The zero-order valence-corrected chi connectivity index (χ0v) is 19.9. The number of aliphatic hydroxyl groups is 1. The van der Waals surface area contributed by atoms with Crippen molar-refractivity contribution in [2.75, 3.05) is 37.1 Å². The first-order valence-electron chi connectivity index (χ1n) is 10.2. The van der Waals surface area contributed by atoms with E-state index in [2.05, 4.69) is 17.9 Å². The van der Waals surface area contributed by atoms with E-state index in [4.69, 9.17) is 19.3 Å². The van der Waals surface area contributed by atoms with Crippen LogP contribution in [0.3, 0.4) is 0 Å². The van der Waals surface area contributed by atoms with Crippen molar-refractivity contribution in [1.29, 1.82) is 0 Å². The Kier molecular flexibility index (Phi) is 11.3. The standard InChI is InChI=1S/C23H29NO6S2/c1-16(10-12-29-21(26)15-31)22(17-4-3-5-19(14-17)28-13-11-25)30-23(27)24-18-6-8-20(32-2)9-7-18/h3-9,14,16,22,25,31H,10-13,15H2,1-2H3,(H,24,27)/t16-,22-/m1/s1. The van der Waals surface area contributed by atoms with E-state index < -0.39 is 18.2 Å². The lowest BCUT2D eigenvalue weighted by molar-refractivity contribution is -0.141. The molecule has 0 aromatic heterocycles. The second-order valence-electron chi connectivity index (χ2n) is 6.97. The zero-order chi connectivity index (χ0) is 23.3. The summed E-state index contributed by atoms with van der Waals surface area (Å²) in [6.45, 7) is 2.17. The molecule has 0 aliphatic rings. The Labute approximate surface area is 198 Å². The van der Waals surface area contributed by atoms with Gasteiger partial charge in [-0.1, -0.05) is 19.1 Å². The van der Waals surface area contributed by atoms with Crippen molar-refractivity contribution in [1.82, 2.24) is 0 Å². The van der Waals surface area contributed by atoms with E-state index in [0.29, 0.717) is 17.9 Å². The third kappa shape index (κ3) is 8.64. The summed E-state index contributed by atoms with van der Waals surface area (Å²) in [6, 6.07) is 14.6. The van der Waals surface area contributed by atoms with Crippen molar-refractivity contribution >= 4 is 42.1 Å². The highest BCUT2D eigenvalue weighted by Gasteiger charge is 2.25. The molecular formula is C23H29NO6S2. The fraction of sp³-hybridized carbons (Fsp3) is 0.391. The summed E-state index contributed by atoms with van der Waals surface area (Å²) in [6.07, 6.45) is 1.27. The zero-order valence-electron chi connectivity index (χ0n) is 18.2. The summed E-state index contributed by atoms with van der Waals surface area (Å²) >= 11 is 5.51. The van der Waals surface area contributed by atoms with Gasteiger partial charge in [0, 0.05) is 16.5 Å². The minimum Gasteiger partial charge on any atom is -0.491 e. The second-order valence-corrected chi connectivity index (χ2v) is 8.16. The predicted octanol–water partition coefficient (Wildman–Crippen LogP) is 4.57. The number of thioether (sulfide) groups is 1. The molecule has 1 amide bonds. The molecule has 2 N–H and O–H groups in total. The Hall–Kier alpha value is -2.36. The van der Waals surface area contributed by atoms with Gasteiger partial charge < -0.3 is 19.3 Å². The summed E-state index contributed by atoms with van der Waals surface area (Å²) in [5, 5.41) is 11.7. The number of amides is 1. The van der Waals surface area contributed by atoms with Crippen molar-refractivity contribution in [3.63, 3.8) is 0 Å². The topological polar surface area (TPSA) is 94.1 Å². The van der Waals surface area contributed by atoms with Gasteiger partial charge >= 0.3 is 12.1 Å². The molecule has 7 nitrogen and oxygen atoms in total. The minimum atomic E-state index is -0.604. The first-order chi connectivity index (χ1) is 15.5. The number of ether oxygens (including phenoxy) is 3. The van der Waals surface area contributed by atoms with E-state index in [0.717, 1.165) is 10.5 Å². The van der Waals surface area contributed by atoms with Gasteiger partial charge in [-0.3, -0.25) is 10.1 Å². The van der Waals surface area contributed by atoms with Crippen LogP contribution in [0.5, 0.6) is 5.75 Å². The van der Waals surface area contributed by atoms with E-state index in [1.54, 1.807) is 30.0 Å². The fourth-order valence-corrected chi connectivity index (χ4v) is 3.45. The minimum absolute atomic E-state index is 0.0102. The van der Waals surface area contributed by atoms with Crippen LogP contribution >= 0.6 is 24.4 Å². The normalized spacial score (nSPS) is 12.5. The van der Waals surface area contributed by atoms with Gasteiger partial charge in [0.05, 0.1) is 19.0 Å². The number of nitrogens with one attached hydrogen (secondary N) is 1. The van der Waals surface area contributed by atoms with E-state index in [1.807, 2.05) is 43.5 Å². The lowest BCUT2D eigenvalue weighted by Gasteiger charge is -2.25. The number of thiol groups is 1. The maximum Gasteiger partial charge on any atom is 0.412 e. The van der Waals surface area contributed by atoms with E-state index in [-0.39, 0.29) is 31.5 Å². The summed E-state index contributed by atoms with van der Waals surface area (Å²) in [7, 11) is 0. The molecule has 0 saturated heterocycles. The maximum atomic E-state index is 12.6. The SMILES string of the molecule is CSc1ccc(NC(=O)O[C@@H](c2cccc(OCCO)c2)[C@H](C)CCOC(=O)CS)cc1. The first-order valence-corrected chi connectivity index (χ1v) is 12.0. The molecule has 0 saturated carbocycles. The molecule has 0 aliphatic carbocycles. The molecule has 2 rings (SSSR count). The molecule has 2 aromatic rings. The van der Waals surface area contributed by atoms with Gasteiger partial charge in [-0.15, -0.1) is 11.8 Å². The summed E-state index contributed by atoms with van der Waals surface area (Å²) in [4.78, 5) is 25.1. The molecule has 0 heterocycles. The van der Waals surface area contributed by atoms with Gasteiger partial charge in [0.1, 0.15) is 18.5 Å². The molecule has 174 valence electrons.